The second-order valence-corrected chi connectivity index (χ2v) is 3.35. The quantitative estimate of drug-likeness (QED) is 0.801. The van der Waals surface area contributed by atoms with Crippen LogP contribution in [0.15, 0.2) is 12.1 Å². The number of hydrogen-bond acceptors (Lipinski definition) is 4. The highest BCUT2D eigenvalue weighted by molar-refractivity contribution is 5.50. The molecule has 16 heavy (non-hydrogen) atoms. The molecule has 0 aromatic heterocycles. The predicted molar refractivity (Wildman–Crippen MR) is 61.5 cm³/mol. The number of aryl methyl sites for hydroxylation is 1. The minimum absolute atomic E-state index is 0.164. The molecule has 0 aliphatic rings. The van der Waals surface area contributed by atoms with Crippen molar-refractivity contribution in [3.63, 3.8) is 0 Å². The van der Waals surface area contributed by atoms with Crippen molar-refractivity contribution in [2.45, 2.75) is 12.8 Å². The molecule has 0 spiro atoms. The zero-order valence-corrected chi connectivity index (χ0v) is 9.95. The fraction of sp³-hybridized carbons (Fsp3) is 0.500. The van der Waals surface area contributed by atoms with Gasteiger partial charge >= 0.3 is 0 Å². The van der Waals surface area contributed by atoms with Crippen LogP contribution in [0.25, 0.3) is 0 Å². The molecule has 0 bridgehead atoms. The Morgan fingerprint density at radius 2 is 1.50 bits per heavy atom. The van der Waals surface area contributed by atoms with E-state index in [1.54, 1.807) is 27.4 Å². The lowest BCUT2D eigenvalue weighted by atomic mass is 10.1. The summed E-state index contributed by atoms with van der Waals surface area (Å²) >= 11 is 0. The average molecular weight is 226 g/mol. The first-order valence-electron chi connectivity index (χ1n) is 5.16. The highest BCUT2D eigenvalue weighted by atomic mass is 16.5. The smallest absolute Gasteiger partial charge is 0.164 e. The summed E-state index contributed by atoms with van der Waals surface area (Å²) in [6, 6.07) is 3.68. The molecule has 90 valence electrons. The van der Waals surface area contributed by atoms with Crippen LogP contribution in [-0.2, 0) is 6.42 Å². The van der Waals surface area contributed by atoms with Crippen molar-refractivity contribution < 1.29 is 19.3 Å². The Bertz CT molecular complexity index is 336. The van der Waals surface area contributed by atoms with Crippen LogP contribution in [0.5, 0.6) is 17.2 Å². The van der Waals surface area contributed by atoms with Gasteiger partial charge in [0.05, 0.1) is 21.3 Å². The van der Waals surface area contributed by atoms with Gasteiger partial charge in [-0.15, -0.1) is 0 Å². The summed E-state index contributed by atoms with van der Waals surface area (Å²) in [5.41, 5.74) is 1.01. The summed E-state index contributed by atoms with van der Waals surface area (Å²) < 4.78 is 15.7. The summed E-state index contributed by atoms with van der Waals surface area (Å²) in [5, 5.41) is 8.82. The van der Waals surface area contributed by atoms with Crippen molar-refractivity contribution in [3.05, 3.63) is 17.7 Å². The number of rotatable bonds is 6. The monoisotopic (exact) mass is 226 g/mol. The SMILES string of the molecule is COc1cc(OC)c(OC)cc1CCCO. The number of hydrogen-bond donors (Lipinski definition) is 1. The molecule has 0 unspecified atom stereocenters. The summed E-state index contributed by atoms with van der Waals surface area (Å²) in [6.45, 7) is 0.164. The van der Waals surface area contributed by atoms with E-state index < -0.39 is 0 Å². The normalized spacial score (nSPS) is 10.0. The molecule has 0 fully saturated rings. The molecule has 1 rings (SSSR count). The second-order valence-electron chi connectivity index (χ2n) is 3.35. The predicted octanol–water partition coefficient (Wildman–Crippen LogP) is 1.64. The van der Waals surface area contributed by atoms with Gasteiger partial charge in [-0.05, 0) is 24.5 Å². The maximum Gasteiger partial charge on any atom is 0.164 e. The fourth-order valence-electron chi connectivity index (χ4n) is 1.56. The van der Waals surface area contributed by atoms with E-state index in [1.165, 1.54) is 0 Å². The first-order chi connectivity index (χ1) is 7.76. The van der Waals surface area contributed by atoms with Gasteiger partial charge in [0, 0.05) is 12.7 Å². The van der Waals surface area contributed by atoms with Crippen molar-refractivity contribution in [1.29, 1.82) is 0 Å². The molecule has 0 radical (unpaired) electrons. The Balaban J connectivity index is 3.05. The number of ether oxygens (including phenoxy) is 3. The van der Waals surface area contributed by atoms with Crippen LogP contribution in [0, 0.1) is 0 Å². The lowest BCUT2D eigenvalue weighted by Gasteiger charge is -2.13. The third kappa shape index (κ3) is 2.79. The van der Waals surface area contributed by atoms with Crippen LogP contribution in [0.4, 0.5) is 0 Å². The van der Waals surface area contributed by atoms with Gasteiger partial charge in [-0.3, -0.25) is 0 Å². The van der Waals surface area contributed by atoms with Crippen LogP contribution in [0.3, 0.4) is 0 Å². The molecular weight excluding hydrogens is 208 g/mol. The Labute approximate surface area is 95.8 Å². The van der Waals surface area contributed by atoms with E-state index in [0.29, 0.717) is 17.9 Å². The Morgan fingerprint density at radius 1 is 0.938 bits per heavy atom. The zero-order chi connectivity index (χ0) is 12.0. The van der Waals surface area contributed by atoms with Crippen LogP contribution >= 0.6 is 0 Å². The molecule has 0 saturated heterocycles. The summed E-state index contributed by atoms with van der Waals surface area (Å²) in [6.07, 6.45) is 1.45. The molecule has 1 aromatic carbocycles. The van der Waals surface area contributed by atoms with E-state index in [4.69, 9.17) is 19.3 Å². The first kappa shape index (κ1) is 12.6. The number of benzene rings is 1. The Hall–Kier alpha value is -1.42. The van der Waals surface area contributed by atoms with E-state index in [-0.39, 0.29) is 6.61 Å². The van der Waals surface area contributed by atoms with Gasteiger partial charge in [-0.25, -0.2) is 0 Å². The van der Waals surface area contributed by atoms with Gasteiger partial charge in [0.2, 0.25) is 0 Å². The minimum Gasteiger partial charge on any atom is -0.496 e. The summed E-state index contributed by atoms with van der Waals surface area (Å²) in [7, 11) is 4.80. The van der Waals surface area contributed by atoms with Gasteiger partial charge in [0.1, 0.15) is 5.75 Å². The molecule has 1 aromatic rings. The fourth-order valence-corrected chi connectivity index (χ4v) is 1.56. The van der Waals surface area contributed by atoms with Crippen molar-refractivity contribution in [2.24, 2.45) is 0 Å². The Morgan fingerprint density at radius 3 is 2.00 bits per heavy atom. The van der Waals surface area contributed by atoms with E-state index in [2.05, 4.69) is 0 Å². The molecule has 1 N–H and O–H groups in total. The standard InChI is InChI=1S/C12H18O4/c1-14-10-8-12(16-3)11(15-2)7-9(10)5-4-6-13/h7-8,13H,4-6H2,1-3H3. The highest BCUT2D eigenvalue weighted by Crippen LogP contribution is 2.35. The van der Waals surface area contributed by atoms with Gasteiger partial charge in [0.25, 0.3) is 0 Å². The molecule has 4 nitrogen and oxygen atoms in total. The molecular formula is C12H18O4. The van der Waals surface area contributed by atoms with E-state index in [9.17, 15) is 0 Å². The van der Waals surface area contributed by atoms with Gasteiger partial charge in [0.15, 0.2) is 11.5 Å². The minimum atomic E-state index is 0.164. The summed E-state index contributed by atoms with van der Waals surface area (Å²) in [4.78, 5) is 0. The van der Waals surface area contributed by atoms with Gasteiger partial charge in [-0.2, -0.15) is 0 Å². The molecule has 0 amide bonds. The number of aliphatic hydroxyl groups is 1. The maximum atomic E-state index is 8.82. The first-order valence-corrected chi connectivity index (χ1v) is 5.16. The van der Waals surface area contributed by atoms with E-state index in [0.717, 1.165) is 17.7 Å². The topological polar surface area (TPSA) is 47.9 Å². The van der Waals surface area contributed by atoms with Crippen molar-refractivity contribution in [2.75, 3.05) is 27.9 Å². The molecule has 0 aliphatic heterocycles. The van der Waals surface area contributed by atoms with Crippen molar-refractivity contribution >= 4 is 0 Å². The third-order valence-corrected chi connectivity index (χ3v) is 2.39. The van der Waals surface area contributed by atoms with E-state index in [1.807, 2.05) is 6.07 Å². The van der Waals surface area contributed by atoms with Crippen LogP contribution in [-0.4, -0.2) is 33.0 Å². The third-order valence-electron chi connectivity index (χ3n) is 2.39. The molecule has 4 heteroatoms. The zero-order valence-electron chi connectivity index (χ0n) is 9.95. The number of methoxy groups -OCH3 is 3. The number of aliphatic hydroxyl groups excluding tert-OH is 1. The summed E-state index contributed by atoms with van der Waals surface area (Å²) in [5.74, 6) is 2.08. The second kappa shape index (κ2) is 6.23. The average Bonchev–Trinajstić information content (AvgIpc) is 2.35. The van der Waals surface area contributed by atoms with Gasteiger partial charge in [-0.1, -0.05) is 0 Å². The van der Waals surface area contributed by atoms with Crippen molar-refractivity contribution in [3.8, 4) is 17.2 Å². The maximum absolute atomic E-state index is 8.82. The van der Waals surface area contributed by atoms with Crippen LogP contribution < -0.4 is 14.2 Å². The highest BCUT2D eigenvalue weighted by Gasteiger charge is 2.11. The van der Waals surface area contributed by atoms with Crippen molar-refractivity contribution in [1.82, 2.24) is 0 Å². The molecule has 0 heterocycles. The lowest BCUT2D eigenvalue weighted by Crippen LogP contribution is -1.98. The van der Waals surface area contributed by atoms with Crippen LogP contribution in [0.2, 0.25) is 0 Å². The van der Waals surface area contributed by atoms with Crippen LogP contribution in [0.1, 0.15) is 12.0 Å². The molecule has 0 aliphatic carbocycles. The largest absolute Gasteiger partial charge is 0.496 e. The molecule has 0 saturated carbocycles. The Kier molecular flexibility index (Phi) is 4.92. The lowest BCUT2D eigenvalue weighted by molar-refractivity contribution is 0.287. The van der Waals surface area contributed by atoms with E-state index >= 15 is 0 Å². The van der Waals surface area contributed by atoms with Gasteiger partial charge < -0.3 is 19.3 Å². The molecule has 0 atom stereocenters.